The number of hydrogen-bond donors (Lipinski definition) is 1. The van der Waals surface area contributed by atoms with Gasteiger partial charge in [0.15, 0.2) is 5.82 Å². The van der Waals surface area contributed by atoms with Gasteiger partial charge >= 0.3 is 6.18 Å². The third kappa shape index (κ3) is 2.91. The summed E-state index contributed by atoms with van der Waals surface area (Å²) >= 11 is 0. The van der Waals surface area contributed by atoms with E-state index < -0.39 is 29.0 Å². The minimum Gasteiger partial charge on any atom is -0.384 e. The Morgan fingerprint density at radius 3 is 2.43 bits per heavy atom. The van der Waals surface area contributed by atoms with E-state index in [2.05, 4.69) is 10.3 Å². The van der Waals surface area contributed by atoms with Gasteiger partial charge in [0.1, 0.15) is 17.0 Å². The molecule has 0 spiro atoms. The second-order valence-corrected chi connectivity index (χ2v) is 4.67. The predicted molar refractivity (Wildman–Crippen MR) is 70.2 cm³/mol. The van der Waals surface area contributed by atoms with Crippen LogP contribution in [-0.2, 0) is 6.18 Å². The SMILES string of the molecule is CCCNc1c(C)c(C(F)(F)F)nc2c(F)cc(F)cc12. The number of benzene rings is 1. The fourth-order valence-corrected chi connectivity index (χ4v) is 2.14. The normalized spacial score (nSPS) is 12.0. The maximum absolute atomic E-state index is 13.8. The van der Waals surface area contributed by atoms with Crippen molar-refractivity contribution in [3.63, 3.8) is 0 Å². The lowest BCUT2D eigenvalue weighted by Gasteiger charge is -2.17. The molecule has 0 aliphatic heterocycles. The monoisotopic (exact) mass is 304 g/mol. The van der Waals surface area contributed by atoms with Crippen molar-refractivity contribution in [2.24, 2.45) is 0 Å². The van der Waals surface area contributed by atoms with Gasteiger partial charge in [-0.05, 0) is 19.4 Å². The van der Waals surface area contributed by atoms with Crippen LogP contribution >= 0.6 is 0 Å². The van der Waals surface area contributed by atoms with Crippen molar-refractivity contribution in [1.82, 2.24) is 4.98 Å². The molecule has 2 rings (SSSR count). The molecule has 2 aromatic rings. The molecule has 1 aromatic carbocycles. The summed E-state index contributed by atoms with van der Waals surface area (Å²) in [6, 6.07) is 1.50. The van der Waals surface area contributed by atoms with Crippen LogP contribution in [0.3, 0.4) is 0 Å². The molecular formula is C14H13F5N2. The van der Waals surface area contributed by atoms with Crippen molar-refractivity contribution in [2.45, 2.75) is 26.4 Å². The smallest absolute Gasteiger partial charge is 0.384 e. The van der Waals surface area contributed by atoms with Crippen molar-refractivity contribution in [3.8, 4) is 0 Å². The third-order valence-electron chi connectivity index (χ3n) is 3.07. The molecule has 1 heterocycles. The molecule has 2 nitrogen and oxygen atoms in total. The van der Waals surface area contributed by atoms with Crippen molar-refractivity contribution in [1.29, 1.82) is 0 Å². The van der Waals surface area contributed by atoms with Gasteiger partial charge in [-0.2, -0.15) is 13.2 Å². The van der Waals surface area contributed by atoms with Gasteiger partial charge in [0.25, 0.3) is 0 Å². The van der Waals surface area contributed by atoms with Crippen LogP contribution < -0.4 is 5.32 Å². The molecule has 0 radical (unpaired) electrons. The van der Waals surface area contributed by atoms with Gasteiger partial charge in [0, 0.05) is 29.2 Å². The lowest BCUT2D eigenvalue weighted by molar-refractivity contribution is -0.141. The van der Waals surface area contributed by atoms with E-state index in [1.165, 1.54) is 6.92 Å². The summed E-state index contributed by atoms with van der Waals surface area (Å²) in [7, 11) is 0. The highest BCUT2D eigenvalue weighted by Gasteiger charge is 2.36. The quantitative estimate of drug-likeness (QED) is 0.834. The first-order valence-electron chi connectivity index (χ1n) is 6.36. The number of aromatic nitrogens is 1. The summed E-state index contributed by atoms with van der Waals surface area (Å²) in [4.78, 5) is 3.35. The number of hydrogen-bond acceptors (Lipinski definition) is 2. The van der Waals surface area contributed by atoms with Gasteiger partial charge in [-0.15, -0.1) is 0 Å². The summed E-state index contributed by atoms with van der Waals surface area (Å²) < 4.78 is 66.1. The Morgan fingerprint density at radius 1 is 1.19 bits per heavy atom. The standard InChI is InChI=1S/C14H13F5N2/c1-3-4-20-11-7(2)13(14(17,18)19)21-12-9(11)5-8(15)6-10(12)16/h5-6H,3-4H2,1-2H3,(H,20,21). The van der Waals surface area contributed by atoms with Crippen LogP contribution in [0.5, 0.6) is 0 Å². The lowest BCUT2D eigenvalue weighted by atomic mass is 10.1. The van der Waals surface area contributed by atoms with Crippen LogP contribution in [0.4, 0.5) is 27.6 Å². The maximum atomic E-state index is 13.8. The number of alkyl halides is 3. The topological polar surface area (TPSA) is 24.9 Å². The number of nitrogens with one attached hydrogen (secondary N) is 1. The average Bonchev–Trinajstić information content (AvgIpc) is 2.35. The summed E-state index contributed by atoms with van der Waals surface area (Å²) in [6.45, 7) is 3.45. The summed E-state index contributed by atoms with van der Waals surface area (Å²) in [5.41, 5.74) is -1.77. The number of halogens is 5. The number of rotatable bonds is 3. The van der Waals surface area contributed by atoms with Gasteiger partial charge in [-0.3, -0.25) is 0 Å². The molecule has 0 unspecified atom stereocenters. The Bertz CT molecular complexity index is 679. The van der Waals surface area contributed by atoms with E-state index in [1.54, 1.807) is 0 Å². The van der Waals surface area contributed by atoms with Crippen LogP contribution in [-0.4, -0.2) is 11.5 Å². The minimum atomic E-state index is -4.71. The van der Waals surface area contributed by atoms with Crippen molar-refractivity contribution in [2.75, 3.05) is 11.9 Å². The molecule has 0 bridgehead atoms. The highest BCUT2D eigenvalue weighted by atomic mass is 19.4. The molecule has 0 saturated carbocycles. The second kappa shape index (κ2) is 5.46. The summed E-state index contributed by atoms with van der Waals surface area (Å²) in [5, 5.41) is 2.81. The molecule has 0 atom stereocenters. The lowest BCUT2D eigenvalue weighted by Crippen LogP contribution is -2.14. The first kappa shape index (κ1) is 15.5. The fraction of sp³-hybridized carbons (Fsp3) is 0.357. The minimum absolute atomic E-state index is 0.00597. The number of nitrogens with zero attached hydrogens (tertiary/aromatic N) is 1. The Hall–Kier alpha value is -1.92. The van der Waals surface area contributed by atoms with Crippen LogP contribution in [0, 0.1) is 18.6 Å². The average molecular weight is 304 g/mol. The largest absolute Gasteiger partial charge is 0.433 e. The van der Waals surface area contributed by atoms with Crippen LogP contribution in [0.2, 0.25) is 0 Å². The molecule has 7 heteroatoms. The van der Waals surface area contributed by atoms with E-state index in [0.29, 0.717) is 19.0 Å². The van der Waals surface area contributed by atoms with Gasteiger partial charge < -0.3 is 5.32 Å². The van der Waals surface area contributed by atoms with E-state index in [4.69, 9.17) is 0 Å². The van der Waals surface area contributed by atoms with Crippen molar-refractivity contribution < 1.29 is 22.0 Å². The first-order chi connectivity index (χ1) is 9.75. The maximum Gasteiger partial charge on any atom is 0.433 e. The number of pyridine rings is 1. The molecule has 0 aliphatic carbocycles. The van der Waals surface area contributed by atoms with Crippen molar-refractivity contribution >= 4 is 16.6 Å². The number of fused-ring (bicyclic) bond motifs is 1. The Balaban J connectivity index is 2.83. The second-order valence-electron chi connectivity index (χ2n) is 4.67. The third-order valence-corrected chi connectivity index (χ3v) is 3.07. The Kier molecular flexibility index (Phi) is 4.02. The zero-order valence-electron chi connectivity index (χ0n) is 11.4. The molecule has 0 saturated heterocycles. The van der Waals surface area contributed by atoms with Crippen LogP contribution in [0.25, 0.3) is 10.9 Å². The van der Waals surface area contributed by atoms with E-state index in [0.717, 1.165) is 6.07 Å². The van der Waals surface area contributed by atoms with Gasteiger partial charge in [0.2, 0.25) is 0 Å². The molecule has 21 heavy (non-hydrogen) atoms. The molecule has 1 N–H and O–H groups in total. The molecular weight excluding hydrogens is 291 g/mol. The number of anilines is 1. The predicted octanol–water partition coefficient (Wildman–Crippen LogP) is 4.66. The van der Waals surface area contributed by atoms with E-state index in [1.807, 2.05) is 6.92 Å². The fourth-order valence-electron chi connectivity index (χ4n) is 2.14. The zero-order valence-corrected chi connectivity index (χ0v) is 11.4. The molecule has 114 valence electrons. The molecule has 0 aliphatic rings. The Morgan fingerprint density at radius 2 is 1.86 bits per heavy atom. The van der Waals surface area contributed by atoms with E-state index >= 15 is 0 Å². The molecule has 0 fully saturated rings. The Labute approximate surface area is 118 Å². The summed E-state index contributed by atoms with van der Waals surface area (Å²) in [5.74, 6) is -1.98. The van der Waals surface area contributed by atoms with Crippen LogP contribution in [0.1, 0.15) is 24.6 Å². The van der Waals surface area contributed by atoms with Gasteiger partial charge in [-0.1, -0.05) is 6.92 Å². The highest BCUT2D eigenvalue weighted by Crippen LogP contribution is 2.37. The van der Waals surface area contributed by atoms with Gasteiger partial charge in [-0.25, -0.2) is 13.8 Å². The van der Waals surface area contributed by atoms with Gasteiger partial charge in [0.05, 0.1) is 0 Å². The first-order valence-corrected chi connectivity index (χ1v) is 6.36. The molecule has 0 amide bonds. The van der Waals surface area contributed by atoms with E-state index in [9.17, 15) is 22.0 Å². The van der Waals surface area contributed by atoms with Crippen molar-refractivity contribution in [3.05, 3.63) is 35.0 Å². The van der Waals surface area contributed by atoms with Crippen LogP contribution in [0.15, 0.2) is 12.1 Å². The summed E-state index contributed by atoms with van der Waals surface area (Å²) in [6.07, 6.45) is -4.05. The molecule has 1 aromatic heterocycles. The zero-order chi connectivity index (χ0) is 15.8. The highest BCUT2D eigenvalue weighted by molar-refractivity contribution is 5.93. The van der Waals surface area contributed by atoms with E-state index in [-0.39, 0.29) is 16.6 Å².